The van der Waals surface area contributed by atoms with Crippen molar-refractivity contribution in [3.05, 3.63) is 21.9 Å². The maximum absolute atomic E-state index is 10.9. The van der Waals surface area contributed by atoms with Gasteiger partial charge >= 0.3 is 0 Å². The van der Waals surface area contributed by atoms with Crippen LogP contribution in [-0.2, 0) is 5.60 Å². The number of thiophene rings is 1. The molecule has 2 bridgehead atoms. The van der Waals surface area contributed by atoms with E-state index >= 15 is 0 Å². The summed E-state index contributed by atoms with van der Waals surface area (Å²) in [6.07, 6.45) is 2.08. The van der Waals surface area contributed by atoms with Crippen molar-refractivity contribution in [2.45, 2.75) is 25.4 Å². The van der Waals surface area contributed by atoms with E-state index in [0.29, 0.717) is 5.92 Å². The third-order valence-corrected chi connectivity index (χ3v) is 5.20. The second-order valence-corrected chi connectivity index (χ2v) is 5.81. The molecule has 3 unspecified atom stereocenters. The molecule has 15 heavy (non-hydrogen) atoms. The Morgan fingerprint density at radius 2 is 2.40 bits per heavy atom. The Balaban J connectivity index is 1.99. The molecule has 2 saturated heterocycles. The fraction of sp³-hybridized carbons (Fsp3) is 0.667. The highest BCUT2D eigenvalue weighted by Gasteiger charge is 2.47. The molecule has 3 heterocycles. The molecular formula is C12H17NOS. The van der Waals surface area contributed by atoms with E-state index < -0.39 is 5.60 Å². The number of piperidine rings is 1. The lowest BCUT2D eigenvalue weighted by Crippen LogP contribution is -2.43. The van der Waals surface area contributed by atoms with Crippen LogP contribution in [0.3, 0.4) is 0 Å². The highest BCUT2D eigenvalue weighted by atomic mass is 32.1. The Morgan fingerprint density at radius 3 is 3.13 bits per heavy atom. The average molecular weight is 223 g/mol. The molecule has 0 radical (unpaired) electrons. The molecule has 3 rings (SSSR count). The van der Waals surface area contributed by atoms with Crippen molar-refractivity contribution in [3.63, 3.8) is 0 Å². The molecule has 0 amide bonds. The van der Waals surface area contributed by atoms with Crippen LogP contribution in [0.5, 0.6) is 0 Å². The second-order valence-electron chi connectivity index (χ2n) is 4.89. The Hall–Kier alpha value is -0.380. The average Bonchev–Trinajstić information content (AvgIpc) is 2.81. The first-order valence-electron chi connectivity index (χ1n) is 5.69. The van der Waals surface area contributed by atoms with Crippen molar-refractivity contribution in [2.75, 3.05) is 19.6 Å². The number of aryl methyl sites for hydroxylation is 1. The van der Waals surface area contributed by atoms with Crippen LogP contribution in [0.15, 0.2) is 11.4 Å². The number of hydrogen-bond acceptors (Lipinski definition) is 3. The molecule has 0 spiro atoms. The molecule has 1 aromatic rings. The lowest BCUT2D eigenvalue weighted by atomic mass is 9.80. The van der Waals surface area contributed by atoms with Crippen LogP contribution in [0.25, 0.3) is 0 Å². The molecule has 82 valence electrons. The first-order valence-corrected chi connectivity index (χ1v) is 6.57. The summed E-state index contributed by atoms with van der Waals surface area (Å²) in [5.41, 5.74) is 0.744. The van der Waals surface area contributed by atoms with E-state index in [2.05, 4.69) is 23.3 Å². The molecular weight excluding hydrogens is 206 g/mol. The maximum atomic E-state index is 10.9. The van der Waals surface area contributed by atoms with Crippen LogP contribution in [0, 0.1) is 12.8 Å². The number of hydrogen-bond donors (Lipinski definition) is 1. The molecule has 1 N–H and O–H groups in total. The van der Waals surface area contributed by atoms with E-state index in [1.165, 1.54) is 17.0 Å². The van der Waals surface area contributed by atoms with Gasteiger partial charge in [-0.05, 0) is 43.3 Å². The Morgan fingerprint density at radius 1 is 1.53 bits per heavy atom. The van der Waals surface area contributed by atoms with E-state index in [1.54, 1.807) is 11.3 Å². The molecule has 0 aliphatic carbocycles. The third-order valence-electron chi connectivity index (χ3n) is 4.01. The normalized spacial score (nSPS) is 39.6. The van der Waals surface area contributed by atoms with Gasteiger partial charge in [0.15, 0.2) is 0 Å². The van der Waals surface area contributed by atoms with E-state index in [-0.39, 0.29) is 0 Å². The zero-order chi connectivity index (χ0) is 10.5. The van der Waals surface area contributed by atoms with E-state index in [4.69, 9.17) is 0 Å². The van der Waals surface area contributed by atoms with Crippen molar-refractivity contribution in [1.82, 2.24) is 4.90 Å². The highest BCUT2D eigenvalue weighted by Crippen LogP contribution is 2.45. The minimum Gasteiger partial charge on any atom is -0.384 e. The van der Waals surface area contributed by atoms with Gasteiger partial charge in [-0.3, -0.25) is 0 Å². The van der Waals surface area contributed by atoms with Crippen LogP contribution in [0.4, 0.5) is 0 Å². The molecule has 2 nitrogen and oxygen atoms in total. The number of rotatable bonds is 1. The molecule has 0 saturated carbocycles. The van der Waals surface area contributed by atoms with Crippen molar-refractivity contribution in [1.29, 1.82) is 0 Å². The summed E-state index contributed by atoms with van der Waals surface area (Å²) < 4.78 is 0. The molecule has 2 aliphatic heterocycles. The summed E-state index contributed by atoms with van der Waals surface area (Å²) in [6.45, 7) is 5.45. The van der Waals surface area contributed by atoms with Crippen LogP contribution < -0.4 is 0 Å². The zero-order valence-corrected chi connectivity index (χ0v) is 9.89. The molecule has 2 aliphatic rings. The molecule has 0 aromatic carbocycles. The van der Waals surface area contributed by atoms with Gasteiger partial charge in [0.1, 0.15) is 5.60 Å². The van der Waals surface area contributed by atoms with Gasteiger partial charge in [0.25, 0.3) is 0 Å². The quantitative estimate of drug-likeness (QED) is 0.787. The zero-order valence-electron chi connectivity index (χ0n) is 9.07. The van der Waals surface area contributed by atoms with Gasteiger partial charge in [-0.1, -0.05) is 0 Å². The van der Waals surface area contributed by atoms with Gasteiger partial charge in [-0.25, -0.2) is 0 Å². The largest absolute Gasteiger partial charge is 0.384 e. The van der Waals surface area contributed by atoms with Crippen molar-refractivity contribution in [3.8, 4) is 0 Å². The standard InChI is InChI=1S/C12H17NOS/c1-9-3-7-15-11(9)12(14)4-6-13-5-2-10(12)8-13/h3,7,10,14H,2,4-6,8H2,1H3. The summed E-state index contributed by atoms with van der Waals surface area (Å²) in [5.74, 6) is 0.462. The van der Waals surface area contributed by atoms with E-state index in [1.807, 2.05) is 0 Å². The Bertz CT molecular complexity index is 375. The SMILES string of the molecule is Cc1ccsc1C1(O)CCN2CCC1C2. The summed E-state index contributed by atoms with van der Waals surface area (Å²) >= 11 is 1.72. The molecule has 3 atom stereocenters. The van der Waals surface area contributed by atoms with Gasteiger partial charge < -0.3 is 10.0 Å². The van der Waals surface area contributed by atoms with Gasteiger partial charge in [0.2, 0.25) is 0 Å². The molecule has 3 heteroatoms. The topological polar surface area (TPSA) is 23.5 Å². The van der Waals surface area contributed by atoms with E-state index in [9.17, 15) is 5.11 Å². The summed E-state index contributed by atoms with van der Waals surface area (Å²) in [6, 6.07) is 2.12. The fourth-order valence-electron chi connectivity index (χ4n) is 3.07. The Labute approximate surface area is 94.5 Å². The minimum atomic E-state index is -0.523. The van der Waals surface area contributed by atoms with Crippen LogP contribution in [0.2, 0.25) is 0 Å². The van der Waals surface area contributed by atoms with Gasteiger partial charge in [0.05, 0.1) is 0 Å². The van der Waals surface area contributed by atoms with Gasteiger partial charge in [0, 0.05) is 23.9 Å². The Kier molecular flexibility index (Phi) is 2.16. The van der Waals surface area contributed by atoms with Gasteiger partial charge in [-0.2, -0.15) is 0 Å². The maximum Gasteiger partial charge on any atom is 0.104 e. The second kappa shape index (κ2) is 3.30. The summed E-state index contributed by atoms with van der Waals surface area (Å²) in [7, 11) is 0. The summed E-state index contributed by atoms with van der Waals surface area (Å²) in [5, 5.41) is 13.0. The predicted molar refractivity (Wildman–Crippen MR) is 62.1 cm³/mol. The summed E-state index contributed by atoms with van der Waals surface area (Å²) in [4.78, 5) is 3.69. The first kappa shape index (κ1) is 9.82. The van der Waals surface area contributed by atoms with Gasteiger partial charge in [-0.15, -0.1) is 11.3 Å². The first-order chi connectivity index (χ1) is 7.20. The van der Waals surface area contributed by atoms with Crippen LogP contribution >= 0.6 is 11.3 Å². The highest BCUT2D eigenvalue weighted by molar-refractivity contribution is 7.10. The third kappa shape index (κ3) is 1.37. The van der Waals surface area contributed by atoms with E-state index in [0.717, 1.165) is 25.9 Å². The predicted octanol–water partition coefficient (Wildman–Crippen LogP) is 1.97. The van der Waals surface area contributed by atoms with Crippen LogP contribution in [-0.4, -0.2) is 29.6 Å². The minimum absolute atomic E-state index is 0.462. The molecule has 1 aromatic heterocycles. The smallest absolute Gasteiger partial charge is 0.104 e. The number of fused-ring (bicyclic) bond motifs is 2. The number of nitrogens with zero attached hydrogens (tertiary/aromatic N) is 1. The van der Waals surface area contributed by atoms with Crippen molar-refractivity contribution >= 4 is 11.3 Å². The monoisotopic (exact) mass is 223 g/mol. The lowest BCUT2D eigenvalue weighted by molar-refractivity contribution is -0.0475. The lowest BCUT2D eigenvalue weighted by Gasteiger charge is -2.38. The van der Waals surface area contributed by atoms with Crippen molar-refractivity contribution < 1.29 is 5.11 Å². The van der Waals surface area contributed by atoms with Crippen LogP contribution in [0.1, 0.15) is 23.3 Å². The fourth-order valence-corrected chi connectivity index (χ4v) is 4.21. The molecule has 2 fully saturated rings. The number of aliphatic hydroxyl groups is 1. The van der Waals surface area contributed by atoms with Crippen molar-refractivity contribution in [2.24, 2.45) is 5.92 Å².